The normalized spacial score (nSPS) is 20.1. The molecule has 1 aliphatic rings. The van der Waals surface area contributed by atoms with Crippen LogP contribution in [-0.2, 0) is 15.5 Å². The molecule has 0 aliphatic carbocycles. The summed E-state index contributed by atoms with van der Waals surface area (Å²) in [7, 11) is -0.520. The lowest BCUT2D eigenvalue weighted by molar-refractivity contribution is -0.137. The molecule has 1 aliphatic heterocycles. The number of rotatable bonds is 4. The summed E-state index contributed by atoms with van der Waals surface area (Å²) in [5.74, 6) is 0. The van der Waals surface area contributed by atoms with Gasteiger partial charge in [0.15, 0.2) is 0 Å². The Morgan fingerprint density at radius 2 is 1.63 bits per heavy atom. The van der Waals surface area contributed by atoms with E-state index in [1.807, 2.05) is 40.8 Å². The lowest BCUT2D eigenvalue weighted by atomic mass is 9.82. The van der Waals surface area contributed by atoms with Crippen LogP contribution < -0.4 is 5.46 Å². The molecule has 0 saturated carbocycles. The minimum atomic E-state index is -4.34. The van der Waals surface area contributed by atoms with Crippen molar-refractivity contribution in [1.29, 1.82) is 0 Å². The predicted octanol–water partition coefficient (Wildman–Crippen LogP) is 4.20. The van der Waals surface area contributed by atoms with E-state index in [1.165, 1.54) is 12.1 Å². The molecule has 1 fully saturated rings. The van der Waals surface area contributed by atoms with Gasteiger partial charge in [0, 0.05) is 17.9 Å². The van der Waals surface area contributed by atoms with Crippen molar-refractivity contribution < 1.29 is 22.5 Å². The average molecular weight is 380 g/mol. The number of benzene rings is 1. The van der Waals surface area contributed by atoms with Crippen molar-refractivity contribution in [1.82, 2.24) is 9.78 Å². The zero-order valence-electron chi connectivity index (χ0n) is 16.2. The Hall–Kier alpha value is -1.80. The van der Waals surface area contributed by atoms with Crippen molar-refractivity contribution in [2.24, 2.45) is 0 Å². The minimum Gasteiger partial charge on any atom is -0.399 e. The summed E-state index contributed by atoms with van der Waals surface area (Å²) in [6.45, 7) is 9.89. The third kappa shape index (κ3) is 3.78. The quantitative estimate of drug-likeness (QED) is 0.746. The van der Waals surface area contributed by atoms with E-state index in [-0.39, 0.29) is 6.04 Å². The van der Waals surface area contributed by atoms with Crippen LogP contribution in [0, 0.1) is 0 Å². The highest BCUT2D eigenvalue weighted by Crippen LogP contribution is 2.36. The zero-order chi connectivity index (χ0) is 20.0. The van der Waals surface area contributed by atoms with E-state index in [9.17, 15) is 13.2 Å². The Kier molecular flexibility index (Phi) is 4.93. The van der Waals surface area contributed by atoms with E-state index in [1.54, 1.807) is 10.9 Å². The second kappa shape index (κ2) is 6.67. The van der Waals surface area contributed by atoms with Gasteiger partial charge in [-0.25, -0.2) is 0 Å². The highest BCUT2D eigenvalue weighted by molar-refractivity contribution is 6.62. The molecule has 2 aromatic rings. The SMILES string of the molecule is CCC(c1ccc(C(F)(F)F)cc1)n1cc(B2OC(C)(C)C(C)(C)O2)cn1. The number of alkyl halides is 3. The molecule has 146 valence electrons. The van der Waals surface area contributed by atoms with Gasteiger partial charge in [-0.3, -0.25) is 4.68 Å². The van der Waals surface area contributed by atoms with E-state index in [0.717, 1.165) is 23.2 Å². The van der Waals surface area contributed by atoms with Gasteiger partial charge in [0.25, 0.3) is 0 Å². The number of hydrogen-bond acceptors (Lipinski definition) is 3. The molecule has 1 unspecified atom stereocenters. The maximum absolute atomic E-state index is 12.8. The lowest BCUT2D eigenvalue weighted by Gasteiger charge is -2.32. The fourth-order valence-corrected chi connectivity index (χ4v) is 3.09. The molecule has 0 amide bonds. The van der Waals surface area contributed by atoms with Crippen LogP contribution in [0.3, 0.4) is 0 Å². The molecule has 1 saturated heterocycles. The van der Waals surface area contributed by atoms with Gasteiger partial charge in [0.05, 0.1) is 22.8 Å². The molecule has 0 bridgehead atoms. The molecule has 1 aromatic heterocycles. The average Bonchev–Trinajstić information content (AvgIpc) is 3.11. The molecule has 3 rings (SSSR count). The molecule has 1 atom stereocenters. The fraction of sp³-hybridized carbons (Fsp3) is 0.526. The van der Waals surface area contributed by atoms with Crippen LogP contribution >= 0.6 is 0 Å². The van der Waals surface area contributed by atoms with Crippen LogP contribution in [0.5, 0.6) is 0 Å². The van der Waals surface area contributed by atoms with E-state index in [0.29, 0.717) is 6.42 Å². The third-order valence-electron chi connectivity index (χ3n) is 5.48. The monoisotopic (exact) mass is 380 g/mol. The van der Waals surface area contributed by atoms with E-state index >= 15 is 0 Å². The molecule has 2 heterocycles. The Labute approximate surface area is 157 Å². The van der Waals surface area contributed by atoms with Gasteiger partial charge in [0.2, 0.25) is 0 Å². The summed E-state index contributed by atoms with van der Waals surface area (Å²) in [6, 6.07) is 5.07. The minimum absolute atomic E-state index is 0.163. The molecule has 8 heteroatoms. The summed E-state index contributed by atoms with van der Waals surface area (Å²) in [4.78, 5) is 0. The maximum Gasteiger partial charge on any atom is 0.498 e. The summed E-state index contributed by atoms with van der Waals surface area (Å²) in [5, 5.41) is 4.41. The Bertz CT molecular complexity index is 784. The van der Waals surface area contributed by atoms with Gasteiger partial charge in [-0.2, -0.15) is 18.3 Å². The summed E-state index contributed by atoms with van der Waals surface area (Å²) >= 11 is 0. The van der Waals surface area contributed by atoms with Gasteiger partial charge in [-0.1, -0.05) is 19.1 Å². The van der Waals surface area contributed by atoms with Crippen molar-refractivity contribution in [3.8, 4) is 0 Å². The molecule has 27 heavy (non-hydrogen) atoms. The van der Waals surface area contributed by atoms with Crippen molar-refractivity contribution >= 4 is 12.6 Å². The standard InChI is InChI=1S/C19H24BF3N2O2/c1-6-16(13-7-9-14(10-8-13)19(21,22)23)25-12-15(11-24-25)20-26-17(2,3)18(4,5)27-20/h7-12,16H,6H2,1-5H3. The number of hydrogen-bond donors (Lipinski definition) is 0. The largest absolute Gasteiger partial charge is 0.498 e. The van der Waals surface area contributed by atoms with Crippen LogP contribution in [0.15, 0.2) is 36.7 Å². The number of nitrogens with zero attached hydrogens (tertiary/aromatic N) is 2. The molecular formula is C19H24BF3N2O2. The van der Waals surface area contributed by atoms with Gasteiger partial charge < -0.3 is 9.31 Å². The number of halogens is 3. The van der Waals surface area contributed by atoms with Crippen molar-refractivity contribution in [3.63, 3.8) is 0 Å². The van der Waals surface area contributed by atoms with Crippen LogP contribution in [0.2, 0.25) is 0 Å². The summed E-state index contributed by atoms with van der Waals surface area (Å²) < 4.78 is 52.2. The molecule has 1 aromatic carbocycles. The second-order valence-corrected chi connectivity index (χ2v) is 7.89. The Morgan fingerprint density at radius 3 is 2.11 bits per heavy atom. The first-order chi connectivity index (χ1) is 12.4. The topological polar surface area (TPSA) is 36.3 Å². The molecule has 0 radical (unpaired) electrons. The molecule has 4 nitrogen and oxygen atoms in total. The molecule has 0 N–H and O–H groups in total. The van der Waals surface area contributed by atoms with Crippen molar-refractivity contribution in [3.05, 3.63) is 47.8 Å². The van der Waals surface area contributed by atoms with Crippen molar-refractivity contribution in [2.45, 2.75) is 64.5 Å². The highest BCUT2D eigenvalue weighted by Gasteiger charge is 2.52. The zero-order valence-corrected chi connectivity index (χ0v) is 16.2. The Morgan fingerprint density at radius 1 is 1.07 bits per heavy atom. The second-order valence-electron chi connectivity index (χ2n) is 7.89. The van der Waals surface area contributed by atoms with E-state index in [4.69, 9.17) is 9.31 Å². The summed E-state index contributed by atoms with van der Waals surface area (Å²) in [5.41, 5.74) is 0.0156. The van der Waals surface area contributed by atoms with Crippen LogP contribution in [0.1, 0.15) is 58.2 Å². The van der Waals surface area contributed by atoms with Crippen molar-refractivity contribution in [2.75, 3.05) is 0 Å². The maximum atomic E-state index is 12.8. The van der Waals surface area contributed by atoms with Gasteiger partial charge in [-0.05, 0) is 51.8 Å². The first kappa shape index (κ1) is 20.0. The predicted molar refractivity (Wildman–Crippen MR) is 97.8 cm³/mol. The first-order valence-electron chi connectivity index (χ1n) is 9.01. The lowest BCUT2D eigenvalue weighted by Crippen LogP contribution is -2.41. The van der Waals surface area contributed by atoms with E-state index in [2.05, 4.69) is 5.10 Å². The molecule has 0 spiro atoms. The van der Waals surface area contributed by atoms with Gasteiger partial charge in [-0.15, -0.1) is 0 Å². The van der Waals surface area contributed by atoms with Crippen LogP contribution in [0.4, 0.5) is 13.2 Å². The fourth-order valence-electron chi connectivity index (χ4n) is 3.09. The van der Waals surface area contributed by atoms with Gasteiger partial charge in [0.1, 0.15) is 0 Å². The third-order valence-corrected chi connectivity index (χ3v) is 5.48. The van der Waals surface area contributed by atoms with E-state index < -0.39 is 30.1 Å². The van der Waals surface area contributed by atoms with Crippen LogP contribution in [0.25, 0.3) is 0 Å². The smallest absolute Gasteiger partial charge is 0.399 e. The number of aromatic nitrogens is 2. The van der Waals surface area contributed by atoms with Crippen LogP contribution in [-0.4, -0.2) is 28.1 Å². The van der Waals surface area contributed by atoms with Gasteiger partial charge >= 0.3 is 13.3 Å². The first-order valence-corrected chi connectivity index (χ1v) is 9.01. The molecular weight excluding hydrogens is 356 g/mol. The summed E-state index contributed by atoms with van der Waals surface area (Å²) in [6.07, 6.45) is -0.116. The Balaban J connectivity index is 1.82. The highest BCUT2D eigenvalue weighted by atomic mass is 19.4.